The Bertz CT molecular complexity index is 656. The number of ether oxygens (including phenoxy) is 1. The molecule has 0 radical (unpaired) electrons. The minimum atomic E-state index is 0.0618. The first kappa shape index (κ1) is 16.5. The summed E-state index contributed by atoms with van der Waals surface area (Å²) in [7, 11) is 0. The van der Waals surface area contributed by atoms with E-state index in [9.17, 15) is 9.59 Å². The summed E-state index contributed by atoms with van der Waals surface area (Å²) < 4.78 is 6.39. The van der Waals surface area contributed by atoms with Gasteiger partial charge in [0.05, 0.1) is 12.2 Å². The fourth-order valence-corrected chi connectivity index (χ4v) is 8.41. The maximum Gasteiger partial charge on any atom is 0.133 e. The van der Waals surface area contributed by atoms with Gasteiger partial charge < -0.3 is 4.74 Å². The number of ketones is 2. The van der Waals surface area contributed by atoms with Crippen LogP contribution in [-0.4, -0.2) is 23.8 Å². The van der Waals surface area contributed by atoms with Crippen LogP contribution in [0.4, 0.5) is 0 Å². The summed E-state index contributed by atoms with van der Waals surface area (Å²) >= 11 is 0. The second-order valence-corrected chi connectivity index (χ2v) is 10.7. The van der Waals surface area contributed by atoms with Gasteiger partial charge in [-0.15, -0.1) is 0 Å². The van der Waals surface area contributed by atoms with Crippen molar-refractivity contribution in [3.63, 3.8) is 0 Å². The zero-order valence-electron chi connectivity index (χ0n) is 16.1. The number of hydrogen-bond acceptors (Lipinski definition) is 3. The molecule has 3 nitrogen and oxygen atoms in total. The Morgan fingerprint density at radius 1 is 1.12 bits per heavy atom. The molecule has 1 heterocycles. The van der Waals surface area contributed by atoms with Crippen LogP contribution in [0.25, 0.3) is 0 Å². The van der Waals surface area contributed by atoms with Gasteiger partial charge in [-0.3, -0.25) is 9.59 Å². The molecule has 0 aromatic heterocycles. The lowest BCUT2D eigenvalue weighted by Gasteiger charge is -2.63. The maximum absolute atomic E-state index is 12.3. The van der Waals surface area contributed by atoms with Gasteiger partial charge in [-0.2, -0.15) is 0 Å². The molecule has 0 bridgehead atoms. The summed E-state index contributed by atoms with van der Waals surface area (Å²) in [5, 5.41) is 0. The number of epoxide rings is 1. The molecule has 3 unspecified atom stereocenters. The molecule has 0 spiro atoms. The minimum Gasteiger partial charge on any atom is -0.369 e. The van der Waals surface area contributed by atoms with E-state index < -0.39 is 0 Å². The van der Waals surface area contributed by atoms with Crippen molar-refractivity contribution in [2.75, 3.05) is 0 Å². The third kappa shape index (κ3) is 1.82. The highest BCUT2D eigenvalue weighted by atomic mass is 16.6. The second-order valence-electron chi connectivity index (χ2n) is 10.7. The van der Waals surface area contributed by atoms with E-state index in [1.807, 2.05) is 0 Å². The highest BCUT2D eigenvalue weighted by Crippen LogP contribution is 2.74. The summed E-state index contributed by atoms with van der Waals surface area (Å²) in [4.78, 5) is 24.5. The van der Waals surface area contributed by atoms with E-state index in [1.54, 1.807) is 6.92 Å². The molecule has 0 aromatic rings. The standard InChI is InChI=1S/C22H32O3/c1-12(23)15-5-6-16-14-8-9-20(2)11-13(24)7-10-21(20,3)17(14)18-19(25-18)22(15,16)4/h14-19H,5-11H2,1-4H3/t14-,15+,16-,17+,18?,19?,20?,21+,22+/m0/s1. The van der Waals surface area contributed by atoms with Crippen LogP contribution < -0.4 is 0 Å². The molecule has 1 saturated heterocycles. The topological polar surface area (TPSA) is 46.7 Å². The summed E-state index contributed by atoms with van der Waals surface area (Å²) in [6, 6.07) is 0. The van der Waals surface area contributed by atoms with Crippen LogP contribution in [0.2, 0.25) is 0 Å². The van der Waals surface area contributed by atoms with E-state index in [0.717, 1.165) is 25.7 Å². The van der Waals surface area contributed by atoms with E-state index in [2.05, 4.69) is 20.8 Å². The van der Waals surface area contributed by atoms with Crippen molar-refractivity contribution >= 4 is 11.6 Å². The second kappa shape index (κ2) is 4.77. The number of carbonyl (C=O) groups is 2. The molecule has 4 saturated carbocycles. The first-order valence-electron chi connectivity index (χ1n) is 10.4. The SMILES string of the molecule is CC(=O)[C@H]1CC[C@H]2[C@@H]3CCC4(C)CC(=O)CC[C@]4(C)[C@H]3C3OC3[C@]12C. The van der Waals surface area contributed by atoms with Crippen LogP contribution in [0.5, 0.6) is 0 Å². The Kier molecular flexibility index (Phi) is 3.14. The predicted molar refractivity (Wildman–Crippen MR) is 94.9 cm³/mol. The van der Waals surface area contributed by atoms with E-state index in [1.165, 1.54) is 19.3 Å². The Labute approximate surface area is 151 Å². The Morgan fingerprint density at radius 3 is 2.60 bits per heavy atom. The van der Waals surface area contributed by atoms with Crippen LogP contribution in [-0.2, 0) is 14.3 Å². The largest absolute Gasteiger partial charge is 0.369 e. The van der Waals surface area contributed by atoms with E-state index in [0.29, 0.717) is 35.4 Å². The Morgan fingerprint density at radius 2 is 1.88 bits per heavy atom. The number of rotatable bonds is 1. The van der Waals surface area contributed by atoms with Gasteiger partial charge in [0, 0.05) is 24.2 Å². The van der Waals surface area contributed by atoms with E-state index >= 15 is 0 Å². The van der Waals surface area contributed by atoms with Crippen LogP contribution in [0.3, 0.4) is 0 Å². The molecule has 1 aliphatic heterocycles. The summed E-state index contributed by atoms with van der Waals surface area (Å²) in [6.07, 6.45) is 7.82. The fourth-order valence-electron chi connectivity index (χ4n) is 8.41. The Balaban J connectivity index is 1.55. The number of carbonyl (C=O) groups excluding carboxylic acids is 2. The molecule has 0 N–H and O–H groups in total. The molecule has 0 amide bonds. The van der Waals surface area contributed by atoms with E-state index in [4.69, 9.17) is 4.74 Å². The quantitative estimate of drug-likeness (QED) is 0.670. The van der Waals surface area contributed by atoms with Crippen LogP contribution >= 0.6 is 0 Å². The third-order valence-corrected chi connectivity index (χ3v) is 9.93. The van der Waals surface area contributed by atoms with E-state index in [-0.39, 0.29) is 28.3 Å². The normalized spacial score (nSPS) is 59.4. The average Bonchev–Trinajstić information content (AvgIpc) is 3.25. The molecule has 5 aliphatic rings. The lowest BCUT2D eigenvalue weighted by atomic mass is 9.40. The van der Waals surface area contributed by atoms with Crippen LogP contribution in [0, 0.1) is 39.9 Å². The molecule has 0 aromatic carbocycles. The van der Waals surface area contributed by atoms with Crippen molar-refractivity contribution < 1.29 is 14.3 Å². The van der Waals surface area contributed by atoms with Gasteiger partial charge in [0.2, 0.25) is 0 Å². The van der Waals surface area contributed by atoms with Gasteiger partial charge in [0.25, 0.3) is 0 Å². The Hall–Kier alpha value is -0.700. The molecular weight excluding hydrogens is 312 g/mol. The lowest BCUT2D eigenvalue weighted by molar-refractivity contribution is -0.158. The average molecular weight is 344 g/mol. The van der Waals surface area contributed by atoms with Gasteiger partial charge in [-0.05, 0) is 67.6 Å². The molecule has 4 aliphatic carbocycles. The van der Waals surface area contributed by atoms with Crippen molar-refractivity contribution in [3.8, 4) is 0 Å². The summed E-state index contributed by atoms with van der Waals surface area (Å²) in [5.74, 6) is 2.94. The highest BCUT2D eigenvalue weighted by Gasteiger charge is 2.75. The highest BCUT2D eigenvalue weighted by molar-refractivity contribution is 5.81. The smallest absolute Gasteiger partial charge is 0.133 e. The van der Waals surface area contributed by atoms with Crippen molar-refractivity contribution in [3.05, 3.63) is 0 Å². The first-order chi connectivity index (χ1) is 11.7. The number of Topliss-reactive ketones (excluding diaryl/α,β-unsaturated/α-hetero) is 2. The van der Waals surface area contributed by atoms with Crippen molar-refractivity contribution in [1.82, 2.24) is 0 Å². The van der Waals surface area contributed by atoms with Crippen molar-refractivity contribution in [2.45, 2.75) is 84.8 Å². The van der Waals surface area contributed by atoms with Gasteiger partial charge in [-0.25, -0.2) is 0 Å². The van der Waals surface area contributed by atoms with Crippen LogP contribution in [0.15, 0.2) is 0 Å². The molecule has 138 valence electrons. The molecular formula is C22H32O3. The molecule has 9 atom stereocenters. The van der Waals surface area contributed by atoms with Crippen molar-refractivity contribution in [2.24, 2.45) is 39.9 Å². The zero-order chi connectivity index (χ0) is 17.8. The van der Waals surface area contributed by atoms with Gasteiger partial charge >= 0.3 is 0 Å². The molecule has 5 rings (SSSR count). The summed E-state index contributed by atoms with van der Waals surface area (Å²) in [5.41, 5.74) is 0.428. The minimum absolute atomic E-state index is 0.0618. The van der Waals surface area contributed by atoms with Crippen molar-refractivity contribution in [1.29, 1.82) is 0 Å². The number of fused-ring (bicyclic) bond motifs is 8. The fraction of sp³-hybridized carbons (Fsp3) is 0.909. The van der Waals surface area contributed by atoms with Gasteiger partial charge in [0.1, 0.15) is 11.6 Å². The molecule has 5 fully saturated rings. The molecule has 3 heteroatoms. The number of hydrogen-bond donors (Lipinski definition) is 0. The monoisotopic (exact) mass is 344 g/mol. The van der Waals surface area contributed by atoms with Gasteiger partial charge in [0.15, 0.2) is 0 Å². The molecule has 25 heavy (non-hydrogen) atoms. The maximum atomic E-state index is 12.3. The van der Waals surface area contributed by atoms with Gasteiger partial charge in [-0.1, -0.05) is 20.8 Å². The van der Waals surface area contributed by atoms with Crippen LogP contribution in [0.1, 0.15) is 72.6 Å². The predicted octanol–water partition coefficient (Wildman–Crippen LogP) is 4.18. The summed E-state index contributed by atoms with van der Waals surface area (Å²) in [6.45, 7) is 8.99. The lowest BCUT2D eigenvalue weighted by Crippen LogP contribution is -2.60. The zero-order valence-corrected chi connectivity index (χ0v) is 16.1. The first-order valence-corrected chi connectivity index (χ1v) is 10.4. The third-order valence-electron chi connectivity index (χ3n) is 9.93.